The monoisotopic (exact) mass is 368 g/mol. The molecular weight excluding hydrogens is 339 g/mol. The number of allylic oxidation sites excluding steroid dienone is 1. The lowest BCUT2D eigenvalue weighted by atomic mass is 10.2. The molecule has 0 aliphatic heterocycles. The van der Waals surface area contributed by atoms with Gasteiger partial charge in [-0.2, -0.15) is 0 Å². The third-order valence-electron chi connectivity index (χ3n) is 3.53. The number of aliphatic hydroxyl groups is 1. The molecule has 0 fully saturated rings. The van der Waals surface area contributed by atoms with Crippen molar-refractivity contribution in [2.75, 3.05) is 18.9 Å². The molecule has 0 amide bonds. The van der Waals surface area contributed by atoms with Crippen molar-refractivity contribution in [3.63, 3.8) is 0 Å². The number of aliphatic hydroxyl groups excluding tert-OH is 1. The zero-order chi connectivity index (χ0) is 18.9. The summed E-state index contributed by atoms with van der Waals surface area (Å²) in [4.78, 5) is 12.1. The second-order valence-corrected chi connectivity index (χ2v) is 9.13. The van der Waals surface area contributed by atoms with Gasteiger partial charge in [0.2, 0.25) is 7.37 Å². The van der Waals surface area contributed by atoms with E-state index < -0.39 is 13.3 Å². The van der Waals surface area contributed by atoms with Crippen LogP contribution in [0.1, 0.15) is 34.1 Å². The molecule has 2 atom stereocenters. The lowest BCUT2D eigenvalue weighted by molar-refractivity contribution is -0.151. The summed E-state index contributed by atoms with van der Waals surface area (Å²) >= 11 is 0. The Hall–Kier alpha value is -1.58. The predicted octanol–water partition coefficient (Wildman–Crippen LogP) is 4.26. The van der Waals surface area contributed by atoms with Crippen molar-refractivity contribution in [1.29, 1.82) is 0 Å². The number of hydrogen-bond acceptors (Lipinski definition) is 5. The van der Waals surface area contributed by atoms with Crippen molar-refractivity contribution >= 4 is 13.3 Å². The summed E-state index contributed by atoms with van der Waals surface area (Å²) in [5.74, 6) is -0.355. The summed E-state index contributed by atoms with van der Waals surface area (Å²) in [6, 6.07) is 8.97. The van der Waals surface area contributed by atoms with E-state index in [1.807, 2.05) is 31.2 Å². The molecule has 0 aliphatic rings. The molecule has 0 aliphatic carbocycles. The molecular formula is C19H29O5P. The molecule has 0 radical (unpaired) electrons. The van der Waals surface area contributed by atoms with E-state index in [9.17, 15) is 9.36 Å². The summed E-state index contributed by atoms with van der Waals surface area (Å²) < 4.78 is 24.3. The van der Waals surface area contributed by atoms with Crippen LogP contribution in [-0.2, 0) is 14.1 Å². The van der Waals surface area contributed by atoms with Crippen LogP contribution in [0.2, 0.25) is 0 Å². The number of carbonyl (C=O) groups excluding carboxylic acids is 1. The fourth-order valence-corrected chi connectivity index (χ4v) is 4.62. The Morgan fingerprint density at radius 3 is 2.44 bits per heavy atom. The highest BCUT2D eigenvalue weighted by Gasteiger charge is 2.31. The maximum atomic E-state index is 13.3. The average Bonchev–Trinajstić information content (AvgIpc) is 2.54. The second-order valence-electron chi connectivity index (χ2n) is 6.51. The van der Waals surface area contributed by atoms with E-state index in [4.69, 9.17) is 14.4 Å². The van der Waals surface area contributed by atoms with Crippen LogP contribution in [0, 0.1) is 5.92 Å². The van der Waals surface area contributed by atoms with E-state index in [1.54, 1.807) is 32.9 Å². The van der Waals surface area contributed by atoms with E-state index in [1.165, 1.54) is 0 Å². The lowest BCUT2D eigenvalue weighted by Crippen LogP contribution is -2.23. The van der Waals surface area contributed by atoms with Crippen molar-refractivity contribution in [1.82, 2.24) is 0 Å². The minimum Gasteiger partial charge on any atom is -0.463 e. The minimum atomic E-state index is -3.09. The van der Waals surface area contributed by atoms with Crippen LogP contribution in [0.5, 0.6) is 5.75 Å². The predicted molar refractivity (Wildman–Crippen MR) is 100 cm³/mol. The summed E-state index contributed by atoms with van der Waals surface area (Å²) in [7, 11) is -3.09. The molecule has 1 aromatic carbocycles. The van der Waals surface area contributed by atoms with Gasteiger partial charge in [0, 0.05) is 12.3 Å². The van der Waals surface area contributed by atoms with Gasteiger partial charge in [-0.3, -0.25) is 9.36 Å². The standard InChI is InChI=1S/C19H29O5P/c1-15(2)23-19(21)17(4)14-25(22,12-8-9-16(3)13-20)24-18-10-6-5-7-11-18/h5-7,9-11,15,17,20H,8,12-14H2,1-4H3/b16-9+. The van der Waals surface area contributed by atoms with E-state index in [2.05, 4.69) is 0 Å². The number of rotatable bonds is 10. The molecule has 1 N–H and O–H groups in total. The van der Waals surface area contributed by atoms with Gasteiger partial charge in [-0.05, 0) is 39.3 Å². The van der Waals surface area contributed by atoms with E-state index >= 15 is 0 Å². The Morgan fingerprint density at radius 2 is 1.88 bits per heavy atom. The van der Waals surface area contributed by atoms with Crippen molar-refractivity contribution in [2.45, 2.75) is 40.2 Å². The van der Waals surface area contributed by atoms with Crippen LogP contribution in [0.25, 0.3) is 0 Å². The molecule has 140 valence electrons. The molecule has 0 saturated carbocycles. The Morgan fingerprint density at radius 1 is 1.24 bits per heavy atom. The lowest BCUT2D eigenvalue weighted by Gasteiger charge is -2.22. The number of hydrogen-bond donors (Lipinski definition) is 1. The Kier molecular flexibility index (Phi) is 8.95. The Balaban J connectivity index is 2.86. The fraction of sp³-hybridized carbons (Fsp3) is 0.526. The van der Waals surface area contributed by atoms with Gasteiger partial charge in [0.15, 0.2) is 0 Å². The van der Waals surface area contributed by atoms with Gasteiger partial charge in [0.1, 0.15) is 5.75 Å². The Labute approximate surface area is 150 Å². The molecule has 0 aromatic heterocycles. The third kappa shape index (κ3) is 8.37. The molecule has 6 heteroatoms. The van der Waals surface area contributed by atoms with Crippen LogP contribution in [-0.4, -0.2) is 36.1 Å². The van der Waals surface area contributed by atoms with Crippen LogP contribution in [0.4, 0.5) is 0 Å². The maximum absolute atomic E-state index is 13.3. The summed E-state index contributed by atoms with van der Waals surface area (Å²) in [6.07, 6.45) is 2.58. The quantitative estimate of drug-likeness (QED) is 0.379. The summed E-state index contributed by atoms with van der Waals surface area (Å²) in [5.41, 5.74) is 0.818. The first-order chi connectivity index (χ1) is 11.8. The highest BCUT2D eigenvalue weighted by molar-refractivity contribution is 7.59. The van der Waals surface area contributed by atoms with Crippen molar-refractivity contribution < 1.29 is 23.7 Å². The molecule has 1 rings (SSSR count). The SMILES string of the molecule is C/C(=C\CCP(=O)(CC(C)C(=O)OC(C)C)Oc1ccccc1)CO. The molecule has 0 saturated heterocycles. The topological polar surface area (TPSA) is 72.8 Å². The van der Waals surface area contributed by atoms with Gasteiger partial charge < -0.3 is 14.4 Å². The van der Waals surface area contributed by atoms with Gasteiger partial charge in [-0.1, -0.05) is 36.8 Å². The maximum Gasteiger partial charge on any atom is 0.309 e. The summed E-state index contributed by atoms with van der Waals surface area (Å²) in [6.45, 7) is 7.06. The van der Waals surface area contributed by atoms with Gasteiger partial charge >= 0.3 is 5.97 Å². The number of para-hydroxylation sites is 1. The average molecular weight is 368 g/mol. The molecule has 2 unspecified atom stereocenters. The first kappa shape index (κ1) is 21.5. The van der Waals surface area contributed by atoms with Crippen LogP contribution in [0.3, 0.4) is 0 Å². The number of benzene rings is 1. The molecule has 5 nitrogen and oxygen atoms in total. The second kappa shape index (κ2) is 10.4. The first-order valence-corrected chi connectivity index (χ1v) is 10.5. The van der Waals surface area contributed by atoms with Crippen LogP contribution >= 0.6 is 7.37 Å². The zero-order valence-electron chi connectivity index (χ0n) is 15.5. The van der Waals surface area contributed by atoms with Crippen molar-refractivity contribution in [2.24, 2.45) is 5.92 Å². The van der Waals surface area contributed by atoms with E-state index in [0.29, 0.717) is 18.3 Å². The van der Waals surface area contributed by atoms with Crippen LogP contribution in [0.15, 0.2) is 42.0 Å². The minimum absolute atomic E-state index is 0.0268. The molecule has 0 bridgehead atoms. The van der Waals surface area contributed by atoms with E-state index in [-0.39, 0.29) is 24.8 Å². The molecule has 0 heterocycles. The largest absolute Gasteiger partial charge is 0.463 e. The number of ether oxygens (including phenoxy) is 1. The number of carbonyl (C=O) groups is 1. The Bertz CT molecular complexity index is 610. The van der Waals surface area contributed by atoms with Gasteiger partial charge in [-0.15, -0.1) is 0 Å². The molecule has 0 spiro atoms. The van der Waals surface area contributed by atoms with E-state index in [0.717, 1.165) is 5.57 Å². The van der Waals surface area contributed by atoms with Crippen molar-refractivity contribution in [3.8, 4) is 5.75 Å². The van der Waals surface area contributed by atoms with Crippen LogP contribution < -0.4 is 4.52 Å². The normalized spacial score (nSPS) is 15.5. The smallest absolute Gasteiger partial charge is 0.309 e. The highest BCUT2D eigenvalue weighted by atomic mass is 31.2. The third-order valence-corrected chi connectivity index (χ3v) is 6.12. The fourth-order valence-electron chi connectivity index (χ4n) is 2.26. The molecule has 1 aromatic rings. The summed E-state index contributed by atoms with van der Waals surface area (Å²) in [5, 5.41) is 9.07. The zero-order valence-corrected chi connectivity index (χ0v) is 16.4. The van der Waals surface area contributed by atoms with Gasteiger partial charge in [0.05, 0.1) is 18.6 Å². The first-order valence-electron chi connectivity index (χ1n) is 8.55. The van der Waals surface area contributed by atoms with Gasteiger partial charge in [0.25, 0.3) is 0 Å². The highest BCUT2D eigenvalue weighted by Crippen LogP contribution is 2.49. The number of esters is 1. The van der Waals surface area contributed by atoms with Crippen molar-refractivity contribution in [3.05, 3.63) is 42.0 Å². The molecule has 25 heavy (non-hydrogen) atoms. The van der Waals surface area contributed by atoms with Gasteiger partial charge in [-0.25, -0.2) is 0 Å².